The van der Waals surface area contributed by atoms with E-state index in [1.165, 1.54) is 12.1 Å². The van der Waals surface area contributed by atoms with Gasteiger partial charge in [-0.1, -0.05) is 36.7 Å². The van der Waals surface area contributed by atoms with E-state index in [9.17, 15) is 13.2 Å². The van der Waals surface area contributed by atoms with Crippen LogP contribution in [0.25, 0.3) is 0 Å². The van der Waals surface area contributed by atoms with Crippen LogP contribution < -0.4 is 10.7 Å². The molecule has 0 spiro atoms. The molecule has 0 fully saturated rings. The fourth-order valence-electron chi connectivity index (χ4n) is 2.06. The standard InChI is InChI=1S/C19H22BrN3O3S/c1-19(2,3)17(24)18(21-14-7-5-13(20)6-8-14)23-22-15-9-11-16(12-10-15)27(4,25)26/h5-12,22H,1-4H3,(H,21,23). The highest BCUT2D eigenvalue weighted by molar-refractivity contribution is 9.10. The Morgan fingerprint density at radius 3 is 1.96 bits per heavy atom. The van der Waals surface area contributed by atoms with E-state index in [0.29, 0.717) is 5.69 Å². The van der Waals surface area contributed by atoms with Gasteiger partial charge in [-0.3, -0.25) is 10.2 Å². The van der Waals surface area contributed by atoms with E-state index in [4.69, 9.17) is 0 Å². The second-order valence-corrected chi connectivity index (χ2v) is 10.0. The molecule has 0 atom stereocenters. The lowest BCUT2D eigenvalue weighted by Crippen LogP contribution is -2.34. The number of hydrogen-bond acceptors (Lipinski definition) is 5. The quantitative estimate of drug-likeness (QED) is 0.401. The number of ketones is 1. The highest BCUT2D eigenvalue weighted by Crippen LogP contribution is 2.19. The lowest BCUT2D eigenvalue weighted by atomic mass is 9.90. The predicted octanol–water partition coefficient (Wildman–Crippen LogP) is 4.31. The molecule has 8 heteroatoms. The first-order valence-electron chi connectivity index (χ1n) is 8.18. The monoisotopic (exact) mass is 451 g/mol. The minimum atomic E-state index is -3.26. The van der Waals surface area contributed by atoms with Gasteiger partial charge in [0.15, 0.2) is 15.7 Å². The fourth-order valence-corrected chi connectivity index (χ4v) is 2.95. The highest BCUT2D eigenvalue weighted by atomic mass is 79.9. The zero-order valence-corrected chi connectivity index (χ0v) is 18.0. The molecule has 0 aliphatic carbocycles. The first-order valence-corrected chi connectivity index (χ1v) is 10.9. The molecule has 0 heterocycles. The van der Waals surface area contributed by atoms with Gasteiger partial charge in [-0.15, -0.1) is 0 Å². The molecule has 2 N–H and O–H groups in total. The molecular weight excluding hydrogens is 430 g/mol. The first-order chi connectivity index (χ1) is 12.5. The fraction of sp³-hybridized carbons (Fsp3) is 0.263. The molecule has 6 nitrogen and oxygen atoms in total. The average Bonchev–Trinajstić information content (AvgIpc) is 2.58. The number of benzene rings is 2. The molecule has 0 aliphatic rings. The molecule has 0 bridgehead atoms. The van der Waals surface area contributed by atoms with E-state index < -0.39 is 15.3 Å². The molecule has 0 aliphatic heterocycles. The molecule has 0 aromatic heterocycles. The number of hydrazone groups is 1. The van der Waals surface area contributed by atoms with E-state index >= 15 is 0 Å². The van der Waals surface area contributed by atoms with Crippen molar-refractivity contribution < 1.29 is 13.2 Å². The zero-order valence-electron chi connectivity index (χ0n) is 15.6. The summed E-state index contributed by atoms with van der Waals surface area (Å²) in [4.78, 5) is 12.9. The van der Waals surface area contributed by atoms with Crippen LogP contribution in [-0.4, -0.2) is 26.3 Å². The number of halogens is 1. The summed E-state index contributed by atoms with van der Waals surface area (Å²) in [6.45, 7) is 5.44. The Labute approximate surface area is 168 Å². The second-order valence-electron chi connectivity index (χ2n) is 7.08. The Morgan fingerprint density at radius 1 is 0.963 bits per heavy atom. The Hall–Kier alpha value is -2.19. The van der Waals surface area contributed by atoms with E-state index in [2.05, 4.69) is 31.8 Å². The number of anilines is 2. The summed E-state index contributed by atoms with van der Waals surface area (Å²) in [6, 6.07) is 13.5. The van der Waals surface area contributed by atoms with Crippen molar-refractivity contribution in [3.63, 3.8) is 0 Å². The second kappa shape index (κ2) is 8.22. The molecule has 2 aromatic rings. The minimum absolute atomic E-state index is 0.161. The molecular formula is C19H22BrN3O3S. The number of amidine groups is 1. The van der Waals surface area contributed by atoms with Crippen molar-refractivity contribution in [1.29, 1.82) is 0 Å². The third kappa shape index (κ3) is 6.18. The Kier molecular flexibility index (Phi) is 6.43. The van der Waals surface area contributed by atoms with E-state index in [0.717, 1.165) is 16.4 Å². The van der Waals surface area contributed by atoms with Crippen LogP contribution in [0, 0.1) is 5.41 Å². The molecule has 0 saturated heterocycles. The summed E-state index contributed by atoms with van der Waals surface area (Å²) in [7, 11) is -3.26. The van der Waals surface area contributed by atoms with Crippen LogP contribution in [0.1, 0.15) is 20.8 Å². The van der Waals surface area contributed by atoms with Crippen molar-refractivity contribution >= 4 is 48.8 Å². The Bertz CT molecular complexity index is 945. The van der Waals surface area contributed by atoms with Gasteiger partial charge in [0.2, 0.25) is 5.78 Å². The molecule has 2 rings (SSSR count). The smallest absolute Gasteiger partial charge is 0.205 e. The van der Waals surface area contributed by atoms with Crippen molar-refractivity contribution in [2.75, 3.05) is 17.0 Å². The number of Topliss-reactive ketones (excluding diaryl/α,β-unsaturated/α-hetero) is 1. The van der Waals surface area contributed by atoms with Crippen LogP contribution in [0.5, 0.6) is 0 Å². The Morgan fingerprint density at radius 2 is 1.48 bits per heavy atom. The van der Waals surface area contributed by atoms with E-state index in [1.807, 2.05) is 45.0 Å². The van der Waals surface area contributed by atoms with Crippen LogP contribution >= 0.6 is 15.9 Å². The topological polar surface area (TPSA) is 87.6 Å². The summed E-state index contributed by atoms with van der Waals surface area (Å²) >= 11 is 3.37. The molecule has 27 heavy (non-hydrogen) atoms. The summed E-state index contributed by atoms with van der Waals surface area (Å²) in [6.07, 6.45) is 1.15. The zero-order chi connectivity index (χ0) is 20.2. The van der Waals surface area contributed by atoms with Gasteiger partial charge in [0, 0.05) is 21.8 Å². The predicted molar refractivity (Wildman–Crippen MR) is 113 cm³/mol. The number of nitrogens with one attached hydrogen (secondary N) is 2. The number of rotatable bonds is 5. The van der Waals surface area contributed by atoms with Crippen LogP contribution in [-0.2, 0) is 14.6 Å². The first kappa shape index (κ1) is 21.1. The van der Waals surface area contributed by atoms with Crippen molar-refractivity contribution in [2.45, 2.75) is 25.7 Å². The normalized spacial score (nSPS) is 12.6. The maximum Gasteiger partial charge on any atom is 0.205 e. The lowest BCUT2D eigenvalue weighted by Gasteiger charge is -2.19. The molecule has 2 aromatic carbocycles. The molecule has 0 amide bonds. The van der Waals surface area contributed by atoms with Gasteiger partial charge in [0.1, 0.15) is 0 Å². The largest absolute Gasteiger partial charge is 0.336 e. The van der Waals surface area contributed by atoms with Crippen molar-refractivity contribution in [3.05, 3.63) is 53.0 Å². The van der Waals surface area contributed by atoms with E-state index in [1.54, 1.807) is 12.1 Å². The number of carbonyl (C=O) groups is 1. The van der Waals surface area contributed by atoms with Gasteiger partial charge in [-0.2, -0.15) is 5.10 Å². The van der Waals surface area contributed by atoms with Crippen LogP contribution in [0.3, 0.4) is 0 Å². The van der Waals surface area contributed by atoms with Crippen LogP contribution in [0.2, 0.25) is 0 Å². The van der Waals surface area contributed by atoms with E-state index in [-0.39, 0.29) is 16.5 Å². The van der Waals surface area contributed by atoms with Crippen molar-refractivity contribution in [3.8, 4) is 0 Å². The average molecular weight is 452 g/mol. The maximum atomic E-state index is 12.7. The number of hydrogen-bond donors (Lipinski definition) is 2. The lowest BCUT2D eigenvalue weighted by molar-refractivity contribution is -0.119. The van der Waals surface area contributed by atoms with Crippen molar-refractivity contribution in [2.24, 2.45) is 10.5 Å². The van der Waals surface area contributed by atoms with Crippen LogP contribution in [0.4, 0.5) is 11.4 Å². The molecule has 0 unspecified atom stereocenters. The SMILES string of the molecule is CC(C)(C)C(=O)/C(=N\Nc1ccc(S(C)(=O)=O)cc1)Nc1ccc(Br)cc1. The molecule has 0 radical (unpaired) electrons. The Balaban J connectivity index is 2.26. The molecule has 144 valence electrons. The third-order valence-electron chi connectivity index (χ3n) is 3.58. The van der Waals surface area contributed by atoms with Gasteiger partial charge in [-0.25, -0.2) is 8.42 Å². The van der Waals surface area contributed by atoms with Crippen molar-refractivity contribution in [1.82, 2.24) is 0 Å². The van der Waals surface area contributed by atoms with Gasteiger partial charge in [0.25, 0.3) is 0 Å². The summed E-state index contributed by atoms with van der Waals surface area (Å²) < 4.78 is 24.0. The summed E-state index contributed by atoms with van der Waals surface area (Å²) in [5.74, 6) is 0.00249. The highest BCUT2D eigenvalue weighted by Gasteiger charge is 2.27. The van der Waals surface area contributed by atoms with Crippen LogP contribution in [0.15, 0.2) is 63.0 Å². The van der Waals surface area contributed by atoms with Gasteiger partial charge < -0.3 is 5.32 Å². The number of sulfone groups is 1. The molecule has 0 saturated carbocycles. The van der Waals surface area contributed by atoms with Gasteiger partial charge >= 0.3 is 0 Å². The number of carbonyl (C=O) groups excluding carboxylic acids is 1. The summed E-state index contributed by atoms with van der Waals surface area (Å²) in [5, 5.41) is 7.25. The third-order valence-corrected chi connectivity index (χ3v) is 5.24. The number of nitrogens with zero attached hydrogens (tertiary/aromatic N) is 1. The van der Waals surface area contributed by atoms with Gasteiger partial charge in [0.05, 0.1) is 10.6 Å². The van der Waals surface area contributed by atoms with Gasteiger partial charge in [-0.05, 0) is 48.5 Å². The minimum Gasteiger partial charge on any atom is -0.336 e. The maximum absolute atomic E-state index is 12.7. The summed E-state index contributed by atoms with van der Waals surface area (Å²) in [5.41, 5.74) is 3.48.